The molecular formula is C58H38N2O. The lowest BCUT2D eigenvalue weighted by atomic mass is 9.95. The van der Waals surface area contributed by atoms with Gasteiger partial charge in [-0.2, -0.15) is 0 Å². The second kappa shape index (κ2) is 14.3. The summed E-state index contributed by atoms with van der Waals surface area (Å²) in [5.74, 6) is 0. The highest BCUT2D eigenvalue weighted by molar-refractivity contribution is 6.13. The van der Waals surface area contributed by atoms with Crippen LogP contribution in [-0.4, -0.2) is 4.57 Å². The van der Waals surface area contributed by atoms with Gasteiger partial charge in [0.1, 0.15) is 11.2 Å². The molecule has 0 N–H and O–H groups in total. The highest BCUT2D eigenvalue weighted by atomic mass is 16.3. The molecule has 0 unspecified atom stereocenters. The van der Waals surface area contributed by atoms with E-state index in [1.807, 2.05) is 18.2 Å². The van der Waals surface area contributed by atoms with Crippen LogP contribution in [0.5, 0.6) is 0 Å². The molecule has 0 spiro atoms. The lowest BCUT2D eigenvalue weighted by molar-refractivity contribution is 0.669. The molecule has 0 bridgehead atoms. The Balaban J connectivity index is 0.999. The molecule has 2 aromatic heterocycles. The number of furan rings is 1. The van der Waals surface area contributed by atoms with Crippen molar-refractivity contribution in [3.8, 4) is 33.4 Å². The van der Waals surface area contributed by atoms with Crippen molar-refractivity contribution in [3.05, 3.63) is 224 Å². The predicted molar refractivity (Wildman–Crippen MR) is 255 cm³/mol. The van der Waals surface area contributed by atoms with Crippen molar-refractivity contribution < 1.29 is 4.42 Å². The Morgan fingerprint density at radius 3 is 1.95 bits per heavy atom. The van der Waals surface area contributed by atoms with Gasteiger partial charge in [-0.3, -0.25) is 0 Å². The van der Waals surface area contributed by atoms with Gasteiger partial charge in [0.15, 0.2) is 0 Å². The third kappa shape index (κ3) is 5.84. The average molecular weight is 779 g/mol. The van der Waals surface area contributed by atoms with Crippen LogP contribution in [0.1, 0.15) is 12.8 Å². The van der Waals surface area contributed by atoms with E-state index in [9.17, 15) is 0 Å². The first kappa shape index (κ1) is 34.9. The molecule has 1 aliphatic rings. The zero-order valence-corrected chi connectivity index (χ0v) is 33.3. The van der Waals surface area contributed by atoms with E-state index in [1.54, 1.807) is 0 Å². The van der Waals surface area contributed by atoms with Gasteiger partial charge < -0.3 is 13.9 Å². The third-order valence-electron chi connectivity index (χ3n) is 12.4. The van der Waals surface area contributed by atoms with Crippen molar-refractivity contribution in [1.82, 2.24) is 4.57 Å². The van der Waals surface area contributed by atoms with Crippen LogP contribution in [0.25, 0.3) is 93.6 Å². The fourth-order valence-electron chi connectivity index (χ4n) is 9.57. The lowest BCUT2D eigenvalue weighted by Crippen LogP contribution is -2.19. The summed E-state index contributed by atoms with van der Waals surface area (Å²) in [7, 11) is 0. The first-order valence-corrected chi connectivity index (χ1v) is 21.0. The summed E-state index contributed by atoms with van der Waals surface area (Å²) >= 11 is 0. The van der Waals surface area contributed by atoms with Crippen LogP contribution in [0.2, 0.25) is 0 Å². The molecule has 9 aromatic carbocycles. The lowest BCUT2D eigenvalue weighted by Gasteiger charge is -2.32. The highest BCUT2D eigenvalue weighted by Crippen LogP contribution is 2.45. The van der Waals surface area contributed by atoms with E-state index in [0.717, 1.165) is 57.3 Å². The molecule has 0 radical (unpaired) electrons. The second-order valence-electron chi connectivity index (χ2n) is 15.8. The second-order valence-corrected chi connectivity index (χ2v) is 15.8. The van der Waals surface area contributed by atoms with Gasteiger partial charge in [-0.25, -0.2) is 0 Å². The van der Waals surface area contributed by atoms with E-state index in [4.69, 9.17) is 4.42 Å². The molecule has 11 aromatic rings. The number of para-hydroxylation sites is 4. The molecule has 3 nitrogen and oxygen atoms in total. The number of hydrogen-bond acceptors (Lipinski definition) is 2. The summed E-state index contributed by atoms with van der Waals surface area (Å²) in [6, 6.07) is 76.3. The van der Waals surface area contributed by atoms with E-state index in [1.165, 1.54) is 66.2 Å². The summed E-state index contributed by atoms with van der Waals surface area (Å²) in [6.45, 7) is 0. The molecule has 0 saturated carbocycles. The van der Waals surface area contributed by atoms with Crippen LogP contribution in [0.3, 0.4) is 0 Å². The monoisotopic (exact) mass is 778 g/mol. The average Bonchev–Trinajstić information content (AvgIpc) is 3.88. The molecule has 286 valence electrons. The standard InChI is InChI=1S/C58H38N2O/c1-2-18-46-40(14-1)15-12-23-47(46)42-17-11-16-41(38-42)39-30-32-43(33-31-39)59(44-34-36-45(37-35-44)60-54-26-8-3-19-48(54)49-20-4-9-27-55(49)60)53-25-7-5-21-50(53)51-24-13-29-57-58(51)52-22-6-10-28-56(52)61-57/h1-12,14-23,25-34,36,38H,35,37H2. The Labute approximate surface area is 354 Å². The molecule has 61 heavy (non-hydrogen) atoms. The fraction of sp³-hybridized carbons (Fsp3) is 0.0345. The molecule has 2 heterocycles. The smallest absolute Gasteiger partial charge is 0.145 e. The number of anilines is 2. The summed E-state index contributed by atoms with van der Waals surface area (Å²) in [6.07, 6.45) is 6.38. The number of nitrogens with zero attached hydrogens (tertiary/aromatic N) is 2. The van der Waals surface area contributed by atoms with Gasteiger partial charge in [-0.05, 0) is 100 Å². The van der Waals surface area contributed by atoms with E-state index in [2.05, 4.69) is 210 Å². The number of benzene rings is 8. The van der Waals surface area contributed by atoms with Gasteiger partial charge >= 0.3 is 0 Å². The molecular weight excluding hydrogens is 741 g/mol. The molecule has 0 fully saturated rings. The molecule has 0 atom stereocenters. The summed E-state index contributed by atoms with van der Waals surface area (Å²) in [5, 5.41) is 7.19. The maximum atomic E-state index is 6.35. The topological polar surface area (TPSA) is 21.3 Å². The van der Waals surface area contributed by atoms with E-state index in [-0.39, 0.29) is 0 Å². The zero-order valence-electron chi connectivity index (χ0n) is 33.3. The van der Waals surface area contributed by atoms with Crippen molar-refractivity contribution in [1.29, 1.82) is 0 Å². The fourth-order valence-corrected chi connectivity index (χ4v) is 9.57. The van der Waals surface area contributed by atoms with Crippen molar-refractivity contribution in [2.45, 2.75) is 12.8 Å². The van der Waals surface area contributed by atoms with Crippen molar-refractivity contribution >= 4 is 71.6 Å². The minimum Gasteiger partial charge on any atom is -0.455 e. The Hall–Kier alpha value is -8.06. The highest BCUT2D eigenvalue weighted by Gasteiger charge is 2.24. The van der Waals surface area contributed by atoms with E-state index < -0.39 is 0 Å². The molecule has 1 aliphatic carbocycles. The summed E-state index contributed by atoms with van der Waals surface area (Å²) < 4.78 is 8.80. The van der Waals surface area contributed by atoms with Gasteiger partial charge in [0.25, 0.3) is 0 Å². The molecule has 0 amide bonds. The Morgan fingerprint density at radius 1 is 0.492 bits per heavy atom. The SMILES string of the molecule is c1cc2oc3ccccc3c2c(-c2ccccc2N(C2=CC=C(n3c4ccccc4c4ccccc43)CC2)c2ccc(-c3cccc(-c4cccc5ccccc45)c3)cc2)c#1. The number of aromatic nitrogens is 1. The van der Waals surface area contributed by atoms with Crippen LogP contribution in [0.4, 0.5) is 11.4 Å². The largest absolute Gasteiger partial charge is 0.455 e. The quantitative estimate of drug-likeness (QED) is 0.161. The number of rotatable bonds is 7. The molecule has 3 heteroatoms. The Morgan fingerprint density at radius 2 is 1.15 bits per heavy atom. The minimum atomic E-state index is 0.807. The van der Waals surface area contributed by atoms with Crippen LogP contribution in [-0.2, 0) is 0 Å². The number of hydrogen-bond donors (Lipinski definition) is 0. The zero-order chi connectivity index (χ0) is 40.3. The predicted octanol–water partition coefficient (Wildman–Crippen LogP) is 15.8. The Bertz CT molecular complexity index is 3490. The van der Waals surface area contributed by atoms with Crippen molar-refractivity contribution in [2.24, 2.45) is 0 Å². The minimum absolute atomic E-state index is 0.807. The summed E-state index contributed by atoms with van der Waals surface area (Å²) in [5.41, 5.74) is 15.7. The van der Waals surface area contributed by atoms with Crippen molar-refractivity contribution in [3.63, 3.8) is 0 Å². The maximum Gasteiger partial charge on any atom is 0.145 e. The first-order valence-electron chi connectivity index (χ1n) is 21.0. The van der Waals surface area contributed by atoms with Crippen LogP contribution in [0, 0.1) is 12.1 Å². The molecule has 0 saturated heterocycles. The van der Waals surface area contributed by atoms with E-state index in [0.29, 0.717) is 0 Å². The molecule has 0 aliphatic heterocycles. The Kier molecular flexibility index (Phi) is 8.21. The number of allylic oxidation sites excluding steroid dienone is 4. The van der Waals surface area contributed by atoms with Gasteiger partial charge in [0.05, 0.1) is 16.7 Å². The van der Waals surface area contributed by atoms with Gasteiger partial charge in [-0.1, -0.05) is 158 Å². The van der Waals surface area contributed by atoms with Crippen LogP contribution in [0.15, 0.2) is 216 Å². The molecule has 12 rings (SSSR count). The van der Waals surface area contributed by atoms with Crippen LogP contribution < -0.4 is 4.90 Å². The van der Waals surface area contributed by atoms with E-state index >= 15 is 0 Å². The van der Waals surface area contributed by atoms with Gasteiger partial charge in [0, 0.05) is 55.8 Å². The third-order valence-corrected chi connectivity index (χ3v) is 12.4. The van der Waals surface area contributed by atoms with Crippen LogP contribution >= 0.6 is 0 Å². The number of fused-ring (bicyclic) bond motifs is 7. The normalized spacial score (nSPS) is 12.9. The van der Waals surface area contributed by atoms with Crippen molar-refractivity contribution in [2.75, 3.05) is 4.90 Å². The summed E-state index contributed by atoms with van der Waals surface area (Å²) in [4.78, 5) is 2.44. The first-order chi connectivity index (χ1) is 30.3. The van der Waals surface area contributed by atoms with Gasteiger partial charge in [-0.15, -0.1) is 0 Å². The van der Waals surface area contributed by atoms with Gasteiger partial charge in [0.2, 0.25) is 0 Å². The maximum absolute atomic E-state index is 6.35.